The predicted molar refractivity (Wildman–Crippen MR) is 101 cm³/mol. The first kappa shape index (κ1) is 17.4. The van der Waals surface area contributed by atoms with Crippen molar-refractivity contribution in [2.45, 2.75) is 11.3 Å². The number of nitrogens with one attached hydrogen (secondary N) is 2. The maximum Gasteiger partial charge on any atom is 0.352 e. The standard InChI is InChI=1S/C18H15ClN2O3S/c1-25-12-4-2-3-11(8-12)20-16(22)9-14-13-7-10(19)5-6-15(13)21-17(14)18(23)24/h2-8,21H,9H2,1H3,(H,20,22)(H,23,24). The molecule has 0 saturated carbocycles. The van der Waals surface area contributed by atoms with Crippen LogP contribution in [0, 0.1) is 0 Å². The number of amides is 1. The number of hydrogen-bond acceptors (Lipinski definition) is 3. The van der Waals surface area contributed by atoms with Crippen LogP contribution >= 0.6 is 23.4 Å². The lowest BCUT2D eigenvalue weighted by Gasteiger charge is -2.07. The van der Waals surface area contributed by atoms with Crippen molar-refractivity contribution in [3.05, 3.63) is 58.7 Å². The van der Waals surface area contributed by atoms with Crippen LogP contribution in [0.2, 0.25) is 5.02 Å². The topological polar surface area (TPSA) is 82.2 Å². The fraction of sp³-hybridized carbons (Fsp3) is 0.111. The molecule has 0 radical (unpaired) electrons. The lowest BCUT2D eigenvalue weighted by molar-refractivity contribution is -0.115. The first-order valence-electron chi connectivity index (χ1n) is 7.45. The molecule has 7 heteroatoms. The molecule has 2 aromatic carbocycles. The molecule has 25 heavy (non-hydrogen) atoms. The zero-order valence-corrected chi connectivity index (χ0v) is 14.9. The predicted octanol–water partition coefficient (Wildman–Crippen LogP) is 4.42. The Morgan fingerprint density at radius 3 is 2.76 bits per heavy atom. The van der Waals surface area contributed by atoms with Crippen LogP contribution in [0.3, 0.4) is 0 Å². The van der Waals surface area contributed by atoms with Gasteiger partial charge in [-0.05, 0) is 42.7 Å². The van der Waals surface area contributed by atoms with Gasteiger partial charge in [0.05, 0.1) is 6.42 Å². The summed E-state index contributed by atoms with van der Waals surface area (Å²) in [7, 11) is 0. The average molecular weight is 375 g/mol. The number of carboxylic acids is 1. The molecule has 3 rings (SSSR count). The second-order valence-electron chi connectivity index (χ2n) is 5.43. The molecular formula is C18H15ClN2O3S. The molecule has 0 aliphatic carbocycles. The summed E-state index contributed by atoms with van der Waals surface area (Å²) in [5.41, 5.74) is 1.73. The summed E-state index contributed by atoms with van der Waals surface area (Å²) in [5, 5.41) is 13.3. The van der Waals surface area contributed by atoms with Crippen LogP contribution in [0.15, 0.2) is 47.4 Å². The highest BCUT2D eigenvalue weighted by Crippen LogP contribution is 2.27. The number of rotatable bonds is 5. The molecule has 0 aliphatic heterocycles. The number of hydrogen-bond donors (Lipinski definition) is 3. The van der Waals surface area contributed by atoms with E-state index >= 15 is 0 Å². The van der Waals surface area contributed by atoms with E-state index in [1.54, 1.807) is 36.0 Å². The molecule has 3 N–H and O–H groups in total. The van der Waals surface area contributed by atoms with Gasteiger partial charge < -0.3 is 15.4 Å². The van der Waals surface area contributed by atoms with Crippen LogP contribution in [0.4, 0.5) is 5.69 Å². The number of thioether (sulfide) groups is 1. The van der Waals surface area contributed by atoms with E-state index in [2.05, 4.69) is 10.3 Å². The first-order chi connectivity index (χ1) is 12.0. The molecule has 3 aromatic rings. The minimum Gasteiger partial charge on any atom is -0.477 e. The molecule has 1 aromatic heterocycles. The van der Waals surface area contributed by atoms with E-state index in [1.807, 2.05) is 24.5 Å². The minimum atomic E-state index is -1.11. The van der Waals surface area contributed by atoms with Gasteiger partial charge in [0.25, 0.3) is 0 Å². The van der Waals surface area contributed by atoms with Crippen molar-refractivity contribution in [3.63, 3.8) is 0 Å². The molecule has 0 aliphatic rings. The van der Waals surface area contributed by atoms with E-state index < -0.39 is 5.97 Å². The van der Waals surface area contributed by atoms with Crippen LogP contribution in [0.5, 0.6) is 0 Å². The zero-order chi connectivity index (χ0) is 18.0. The van der Waals surface area contributed by atoms with Gasteiger partial charge in [0.1, 0.15) is 5.69 Å². The number of benzene rings is 2. The Kier molecular flexibility index (Phi) is 5.01. The number of anilines is 1. The number of fused-ring (bicyclic) bond motifs is 1. The van der Waals surface area contributed by atoms with Crippen molar-refractivity contribution in [2.24, 2.45) is 0 Å². The molecule has 0 bridgehead atoms. The molecule has 1 heterocycles. The number of carbonyl (C=O) groups is 2. The third-order valence-corrected chi connectivity index (χ3v) is 4.73. The molecule has 0 unspecified atom stereocenters. The summed E-state index contributed by atoms with van der Waals surface area (Å²) in [4.78, 5) is 27.8. The highest BCUT2D eigenvalue weighted by atomic mass is 35.5. The Bertz CT molecular complexity index is 968. The molecule has 1 amide bonds. The Hall–Kier alpha value is -2.44. The van der Waals surface area contributed by atoms with Crippen molar-refractivity contribution in [1.29, 1.82) is 0 Å². The van der Waals surface area contributed by atoms with Gasteiger partial charge in [0.2, 0.25) is 5.91 Å². The van der Waals surface area contributed by atoms with Crippen molar-refractivity contribution in [2.75, 3.05) is 11.6 Å². The van der Waals surface area contributed by atoms with Crippen molar-refractivity contribution < 1.29 is 14.7 Å². The van der Waals surface area contributed by atoms with Gasteiger partial charge in [-0.25, -0.2) is 4.79 Å². The molecule has 0 fully saturated rings. The molecule has 128 valence electrons. The fourth-order valence-electron chi connectivity index (χ4n) is 2.65. The van der Waals surface area contributed by atoms with Gasteiger partial charge in [-0.3, -0.25) is 4.79 Å². The summed E-state index contributed by atoms with van der Waals surface area (Å²) in [6.45, 7) is 0. The number of aromatic nitrogens is 1. The zero-order valence-electron chi connectivity index (χ0n) is 13.3. The summed E-state index contributed by atoms with van der Waals surface area (Å²) in [5.74, 6) is -1.40. The van der Waals surface area contributed by atoms with Crippen LogP contribution < -0.4 is 5.32 Å². The summed E-state index contributed by atoms with van der Waals surface area (Å²) in [6, 6.07) is 12.5. The van der Waals surface area contributed by atoms with E-state index in [4.69, 9.17) is 11.6 Å². The van der Waals surface area contributed by atoms with E-state index in [0.717, 1.165) is 4.90 Å². The number of halogens is 1. The van der Waals surface area contributed by atoms with Gasteiger partial charge in [0.15, 0.2) is 0 Å². The van der Waals surface area contributed by atoms with Crippen molar-refractivity contribution in [1.82, 2.24) is 4.98 Å². The second kappa shape index (κ2) is 7.21. The van der Waals surface area contributed by atoms with Crippen LogP contribution in [-0.2, 0) is 11.2 Å². The van der Waals surface area contributed by atoms with Gasteiger partial charge in [0, 0.05) is 32.1 Å². The maximum absolute atomic E-state index is 12.4. The van der Waals surface area contributed by atoms with Gasteiger partial charge in [-0.1, -0.05) is 17.7 Å². The Morgan fingerprint density at radius 2 is 2.04 bits per heavy atom. The number of aromatic amines is 1. The lowest BCUT2D eigenvalue weighted by atomic mass is 10.1. The Balaban J connectivity index is 1.90. The molecule has 0 spiro atoms. The van der Waals surface area contributed by atoms with E-state index in [1.165, 1.54) is 0 Å². The monoisotopic (exact) mass is 374 g/mol. The van der Waals surface area contributed by atoms with Crippen molar-refractivity contribution >= 4 is 51.8 Å². The summed E-state index contributed by atoms with van der Waals surface area (Å²) in [6.07, 6.45) is 1.89. The summed E-state index contributed by atoms with van der Waals surface area (Å²) < 4.78 is 0. The highest BCUT2D eigenvalue weighted by molar-refractivity contribution is 7.98. The maximum atomic E-state index is 12.4. The van der Waals surface area contributed by atoms with Crippen molar-refractivity contribution in [3.8, 4) is 0 Å². The average Bonchev–Trinajstić information content (AvgIpc) is 2.93. The van der Waals surface area contributed by atoms with Crippen LogP contribution in [-0.4, -0.2) is 28.2 Å². The first-order valence-corrected chi connectivity index (χ1v) is 9.05. The number of carboxylic acid groups (broad SMARTS) is 1. The quantitative estimate of drug-likeness (QED) is 0.577. The molecular weight excluding hydrogens is 360 g/mol. The third-order valence-electron chi connectivity index (χ3n) is 3.77. The highest BCUT2D eigenvalue weighted by Gasteiger charge is 2.19. The van der Waals surface area contributed by atoms with Gasteiger partial charge >= 0.3 is 5.97 Å². The summed E-state index contributed by atoms with van der Waals surface area (Å²) >= 11 is 7.59. The lowest BCUT2D eigenvalue weighted by Crippen LogP contribution is -2.16. The number of H-pyrrole nitrogens is 1. The fourth-order valence-corrected chi connectivity index (χ4v) is 3.28. The number of carbonyl (C=O) groups excluding carboxylic acids is 1. The molecule has 5 nitrogen and oxygen atoms in total. The Labute approximate surface area is 153 Å². The number of aromatic carboxylic acids is 1. The SMILES string of the molecule is CSc1cccc(NC(=O)Cc2c(C(=O)O)[nH]c3ccc(Cl)cc23)c1. The van der Waals surface area contributed by atoms with Crippen LogP contribution in [0.25, 0.3) is 10.9 Å². The van der Waals surface area contributed by atoms with E-state index in [0.29, 0.717) is 27.2 Å². The minimum absolute atomic E-state index is 0.00489. The van der Waals surface area contributed by atoms with Gasteiger partial charge in [-0.15, -0.1) is 11.8 Å². The molecule has 0 atom stereocenters. The second-order valence-corrected chi connectivity index (χ2v) is 6.75. The Morgan fingerprint density at radius 1 is 1.24 bits per heavy atom. The molecule has 0 saturated heterocycles. The largest absolute Gasteiger partial charge is 0.477 e. The van der Waals surface area contributed by atoms with E-state index in [9.17, 15) is 14.7 Å². The normalized spacial score (nSPS) is 10.8. The smallest absolute Gasteiger partial charge is 0.352 e. The van der Waals surface area contributed by atoms with E-state index in [-0.39, 0.29) is 18.0 Å². The van der Waals surface area contributed by atoms with Gasteiger partial charge in [-0.2, -0.15) is 0 Å². The third kappa shape index (κ3) is 3.81. The van der Waals surface area contributed by atoms with Crippen LogP contribution in [0.1, 0.15) is 16.1 Å².